The van der Waals surface area contributed by atoms with Crippen LogP contribution in [0.1, 0.15) is 36.0 Å². The maximum atomic E-state index is 13.4. The minimum absolute atomic E-state index is 0.0690. The normalized spacial score (nSPS) is 12.0. The second-order valence-corrected chi connectivity index (χ2v) is 6.65. The molecule has 0 radical (unpaired) electrons. The molecule has 0 unspecified atom stereocenters. The standard InChI is InChI=1S/C22H24FN3O/c1-3-26(16-17-14-24-25(2)15-17)22(27)13-21(18-7-5-4-6-8-18)19-9-11-20(23)12-10-19/h4-12,14-15,21H,3,13,16H2,1-2H3/t21-/m0/s1. The number of benzene rings is 2. The maximum Gasteiger partial charge on any atom is 0.223 e. The number of nitrogens with zero attached hydrogens (tertiary/aromatic N) is 3. The Morgan fingerprint density at radius 2 is 1.78 bits per heavy atom. The van der Waals surface area contributed by atoms with Gasteiger partial charge in [-0.15, -0.1) is 0 Å². The fourth-order valence-electron chi connectivity index (χ4n) is 3.26. The first kappa shape index (κ1) is 18.8. The third-order valence-electron chi connectivity index (χ3n) is 4.72. The summed E-state index contributed by atoms with van der Waals surface area (Å²) >= 11 is 0. The molecule has 3 aromatic rings. The van der Waals surface area contributed by atoms with Crippen LogP contribution in [-0.2, 0) is 18.4 Å². The third kappa shape index (κ3) is 4.82. The summed E-state index contributed by atoms with van der Waals surface area (Å²) in [5.41, 5.74) is 2.99. The van der Waals surface area contributed by atoms with Gasteiger partial charge in [-0.3, -0.25) is 9.48 Å². The van der Waals surface area contributed by atoms with Crippen molar-refractivity contribution in [3.8, 4) is 0 Å². The number of carbonyl (C=O) groups is 1. The lowest BCUT2D eigenvalue weighted by Gasteiger charge is -2.24. The Kier molecular flexibility index (Phi) is 6.01. The number of carbonyl (C=O) groups excluding carboxylic acids is 1. The molecule has 1 atom stereocenters. The summed E-state index contributed by atoms with van der Waals surface area (Å²) < 4.78 is 15.1. The zero-order valence-electron chi connectivity index (χ0n) is 15.7. The number of hydrogen-bond donors (Lipinski definition) is 0. The van der Waals surface area contributed by atoms with Crippen molar-refractivity contribution in [2.45, 2.75) is 25.8 Å². The summed E-state index contributed by atoms with van der Waals surface area (Å²) in [6.07, 6.45) is 4.04. The molecule has 3 rings (SSSR count). The number of rotatable bonds is 7. The van der Waals surface area contributed by atoms with Crippen LogP contribution < -0.4 is 0 Å². The van der Waals surface area contributed by atoms with Gasteiger partial charge in [0.2, 0.25) is 5.91 Å². The van der Waals surface area contributed by atoms with E-state index in [1.807, 2.05) is 55.4 Å². The van der Waals surface area contributed by atoms with Gasteiger partial charge >= 0.3 is 0 Å². The number of hydrogen-bond acceptors (Lipinski definition) is 2. The van der Waals surface area contributed by atoms with E-state index in [4.69, 9.17) is 0 Å². The molecular weight excluding hydrogens is 341 g/mol. The molecule has 0 saturated heterocycles. The molecule has 4 nitrogen and oxygen atoms in total. The zero-order valence-corrected chi connectivity index (χ0v) is 15.7. The second-order valence-electron chi connectivity index (χ2n) is 6.65. The van der Waals surface area contributed by atoms with Crippen LogP contribution in [0.5, 0.6) is 0 Å². The fraction of sp³-hybridized carbons (Fsp3) is 0.273. The molecule has 2 aromatic carbocycles. The second kappa shape index (κ2) is 8.62. The Morgan fingerprint density at radius 3 is 2.37 bits per heavy atom. The van der Waals surface area contributed by atoms with Crippen molar-refractivity contribution in [1.29, 1.82) is 0 Å². The predicted octanol–water partition coefficient (Wildman–Crippen LogP) is 4.13. The topological polar surface area (TPSA) is 38.1 Å². The third-order valence-corrected chi connectivity index (χ3v) is 4.72. The molecule has 0 saturated carbocycles. The Labute approximate surface area is 159 Å². The van der Waals surface area contributed by atoms with Gasteiger partial charge < -0.3 is 4.90 Å². The molecule has 1 aromatic heterocycles. The molecule has 0 fully saturated rings. The van der Waals surface area contributed by atoms with E-state index in [0.29, 0.717) is 19.5 Å². The monoisotopic (exact) mass is 365 g/mol. The van der Waals surface area contributed by atoms with Crippen molar-refractivity contribution in [1.82, 2.24) is 14.7 Å². The first-order valence-electron chi connectivity index (χ1n) is 9.12. The Balaban J connectivity index is 1.82. The van der Waals surface area contributed by atoms with Gasteiger partial charge in [-0.05, 0) is 30.2 Å². The molecule has 0 N–H and O–H groups in total. The van der Waals surface area contributed by atoms with Crippen LogP contribution in [0.15, 0.2) is 67.0 Å². The maximum absolute atomic E-state index is 13.4. The van der Waals surface area contributed by atoms with E-state index in [1.165, 1.54) is 12.1 Å². The van der Waals surface area contributed by atoms with Crippen molar-refractivity contribution in [3.05, 3.63) is 89.5 Å². The lowest BCUT2D eigenvalue weighted by Crippen LogP contribution is -2.31. The van der Waals surface area contributed by atoms with Crippen LogP contribution in [0.3, 0.4) is 0 Å². The van der Waals surface area contributed by atoms with Gasteiger partial charge in [0.05, 0.1) is 6.20 Å². The van der Waals surface area contributed by atoms with Crippen LogP contribution >= 0.6 is 0 Å². The molecule has 0 bridgehead atoms. The smallest absolute Gasteiger partial charge is 0.223 e. The summed E-state index contributed by atoms with van der Waals surface area (Å²) in [7, 11) is 1.86. The first-order valence-corrected chi connectivity index (χ1v) is 9.12. The van der Waals surface area contributed by atoms with Gasteiger partial charge in [-0.1, -0.05) is 42.5 Å². The molecule has 0 aliphatic carbocycles. The number of amides is 1. The predicted molar refractivity (Wildman–Crippen MR) is 104 cm³/mol. The quantitative estimate of drug-likeness (QED) is 0.631. The van der Waals surface area contributed by atoms with Crippen LogP contribution in [0.4, 0.5) is 4.39 Å². The van der Waals surface area contributed by atoms with Gasteiger partial charge in [0.15, 0.2) is 0 Å². The van der Waals surface area contributed by atoms with E-state index in [-0.39, 0.29) is 17.6 Å². The van der Waals surface area contributed by atoms with Crippen molar-refractivity contribution in [3.63, 3.8) is 0 Å². The fourth-order valence-corrected chi connectivity index (χ4v) is 3.26. The van der Waals surface area contributed by atoms with E-state index in [9.17, 15) is 9.18 Å². The molecule has 0 aliphatic heterocycles. The highest BCUT2D eigenvalue weighted by Crippen LogP contribution is 2.29. The lowest BCUT2D eigenvalue weighted by atomic mass is 9.88. The highest BCUT2D eigenvalue weighted by molar-refractivity contribution is 5.77. The van der Waals surface area contributed by atoms with Crippen molar-refractivity contribution >= 4 is 5.91 Å². The molecule has 0 spiro atoms. The van der Waals surface area contributed by atoms with Gasteiger partial charge in [0.25, 0.3) is 0 Å². The van der Waals surface area contributed by atoms with Gasteiger partial charge in [0.1, 0.15) is 5.82 Å². The molecular formula is C22H24FN3O. The van der Waals surface area contributed by atoms with Crippen molar-refractivity contribution in [2.24, 2.45) is 7.05 Å². The summed E-state index contributed by atoms with van der Waals surface area (Å²) in [5, 5.41) is 4.17. The molecule has 1 heterocycles. The summed E-state index contributed by atoms with van der Waals surface area (Å²) in [6, 6.07) is 16.3. The van der Waals surface area contributed by atoms with E-state index in [1.54, 1.807) is 23.0 Å². The summed E-state index contributed by atoms with van der Waals surface area (Å²) in [6.45, 7) is 3.14. The largest absolute Gasteiger partial charge is 0.339 e. The molecule has 1 amide bonds. The SMILES string of the molecule is CCN(Cc1cnn(C)c1)C(=O)C[C@@H](c1ccccc1)c1ccc(F)cc1. The van der Waals surface area contributed by atoms with Crippen LogP contribution in [-0.4, -0.2) is 27.1 Å². The Bertz CT molecular complexity index is 874. The van der Waals surface area contributed by atoms with E-state index < -0.39 is 0 Å². The van der Waals surface area contributed by atoms with Crippen LogP contribution in [0.25, 0.3) is 0 Å². The molecule has 140 valence electrons. The van der Waals surface area contributed by atoms with E-state index in [0.717, 1.165) is 16.7 Å². The lowest BCUT2D eigenvalue weighted by molar-refractivity contribution is -0.131. The average Bonchev–Trinajstić information content (AvgIpc) is 3.10. The number of aromatic nitrogens is 2. The average molecular weight is 365 g/mol. The molecule has 0 aliphatic rings. The van der Waals surface area contributed by atoms with Crippen molar-refractivity contribution in [2.75, 3.05) is 6.54 Å². The zero-order chi connectivity index (χ0) is 19.2. The Hall–Kier alpha value is -2.95. The van der Waals surface area contributed by atoms with Crippen molar-refractivity contribution < 1.29 is 9.18 Å². The minimum Gasteiger partial charge on any atom is -0.339 e. The highest BCUT2D eigenvalue weighted by atomic mass is 19.1. The Morgan fingerprint density at radius 1 is 1.11 bits per heavy atom. The number of aryl methyl sites for hydroxylation is 1. The van der Waals surface area contributed by atoms with Gasteiger partial charge in [0, 0.05) is 44.2 Å². The van der Waals surface area contributed by atoms with E-state index in [2.05, 4.69) is 5.10 Å². The highest BCUT2D eigenvalue weighted by Gasteiger charge is 2.22. The first-order chi connectivity index (χ1) is 13.1. The summed E-state index contributed by atoms with van der Waals surface area (Å²) in [5.74, 6) is -0.314. The van der Waals surface area contributed by atoms with E-state index >= 15 is 0 Å². The molecule has 27 heavy (non-hydrogen) atoms. The minimum atomic E-state index is -0.274. The number of halogens is 1. The summed E-state index contributed by atoms with van der Waals surface area (Å²) in [4.78, 5) is 14.9. The van der Waals surface area contributed by atoms with Gasteiger partial charge in [-0.25, -0.2) is 4.39 Å². The van der Waals surface area contributed by atoms with Gasteiger partial charge in [-0.2, -0.15) is 5.10 Å². The molecule has 5 heteroatoms. The van der Waals surface area contributed by atoms with Crippen LogP contribution in [0.2, 0.25) is 0 Å². The van der Waals surface area contributed by atoms with Crippen LogP contribution in [0, 0.1) is 5.82 Å².